The zero-order chi connectivity index (χ0) is 14.1. The molecule has 0 radical (unpaired) electrons. The molecule has 0 atom stereocenters. The topological polar surface area (TPSA) is 50.9 Å². The summed E-state index contributed by atoms with van der Waals surface area (Å²) in [6.07, 6.45) is 0. The lowest BCUT2D eigenvalue weighted by atomic mass is 10.1. The second-order valence-electron chi connectivity index (χ2n) is 4.65. The number of anilines is 2. The van der Waals surface area contributed by atoms with Crippen LogP contribution in [0.25, 0.3) is 10.9 Å². The number of nitrogens with zero attached hydrogens (tertiary/aromatic N) is 1. The van der Waals surface area contributed by atoms with Crippen molar-refractivity contribution < 1.29 is 0 Å². The lowest BCUT2D eigenvalue weighted by molar-refractivity contribution is 1.18. The molecule has 0 saturated carbocycles. The number of rotatable bonds is 3. The molecule has 3 rings (SSSR count). The molecule has 0 saturated heterocycles. The summed E-state index contributed by atoms with van der Waals surface area (Å²) in [4.78, 5) is 5.72. The third kappa shape index (κ3) is 2.71. The van der Waals surface area contributed by atoms with Crippen molar-refractivity contribution >= 4 is 45.2 Å². The number of nitrogen functional groups attached to an aromatic ring is 1. The lowest BCUT2D eigenvalue weighted by Gasteiger charge is -2.10. The predicted octanol–water partition coefficient (Wildman–Crippen LogP) is 4.45. The summed E-state index contributed by atoms with van der Waals surface area (Å²) in [5, 5.41) is 4.48. The van der Waals surface area contributed by atoms with E-state index in [4.69, 9.17) is 17.3 Å². The van der Waals surface area contributed by atoms with Gasteiger partial charge in [0.1, 0.15) is 0 Å². The highest BCUT2D eigenvalue weighted by atomic mass is 35.5. The largest absolute Gasteiger partial charge is 0.399 e. The smallest absolute Gasteiger partial charge is 0.0931 e. The van der Waals surface area contributed by atoms with Crippen LogP contribution in [0.3, 0.4) is 0 Å². The van der Waals surface area contributed by atoms with Crippen LogP contribution >= 0.6 is 22.9 Å². The maximum atomic E-state index is 5.95. The van der Waals surface area contributed by atoms with Crippen LogP contribution in [0.4, 0.5) is 11.4 Å². The molecule has 0 aliphatic rings. The number of aryl methyl sites for hydroxylation is 1. The zero-order valence-corrected chi connectivity index (χ0v) is 12.6. The number of hydrogen-bond donors (Lipinski definition) is 2. The standard InChI is InChI=1S/C15H14ClN3S/c1-9-6-14(18-8-11-3-5-15(16)20-11)12-7-10(17)2-4-13(12)19-9/h2-7H,8,17H2,1H3,(H,18,19). The number of aromatic nitrogens is 1. The van der Waals surface area contributed by atoms with E-state index in [0.29, 0.717) is 0 Å². The van der Waals surface area contributed by atoms with Crippen molar-refractivity contribution in [2.45, 2.75) is 13.5 Å². The Morgan fingerprint density at radius 3 is 2.85 bits per heavy atom. The first-order valence-electron chi connectivity index (χ1n) is 6.27. The third-order valence-electron chi connectivity index (χ3n) is 3.04. The Morgan fingerprint density at radius 1 is 1.25 bits per heavy atom. The third-order valence-corrected chi connectivity index (χ3v) is 4.27. The van der Waals surface area contributed by atoms with E-state index in [-0.39, 0.29) is 0 Å². The van der Waals surface area contributed by atoms with Gasteiger partial charge in [-0.3, -0.25) is 4.98 Å². The maximum absolute atomic E-state index is 5.95. The molecule has 2 heterocycles. The van der Waals surface area contributed by atoms with Crippen LogP contribution in [0.1, 0.15) is 10.6 Å². The van der Waals surface area contributed by atoms with Gasteiger partial charge in [-0.2, -0.15) is 0 Å². The summed E-state index contributed by atoms with van der Waals surface area (Å²) >= 11 is 7.53. The van der Waals surface area contributed by atoms with Crippen molar-refractivity contribution in [1.82, 2.24) is 4.98 Å². The second-order valence-corrected chi connectivity index (χ2v) is 6.45. The summed E-state index contributed by atoms with van der Waals surface area (Å²) < 4.78 is 0.807. The average molecular weight is 304 g/mol. The minimum Gasteiger partial charge on any atom is -0.399 e. The molecule has 0 aliphatic heterocycles. The Labute approximate surface area is 126 Å². The SMILES string of the molecule is Cc1cc(NCc2ccc(Cl)s2)c2cc(N)ccc2n1. The fourth-order valence-corrected chi connectivity index (χ4v) is 3.18. The number of hydrogen-bond acceptors (Lipinski definition) is 4. The van der Waals surface area contributed by atoms with Gasteiger partial charge in [-0.1, -0.05) is 11.6 Å². The summed E-state index contributed by atoms with van der Waals surface area (Å²) in [7, 11) is 0. The summed E-state index contributed by atoms with van der Waals surface area (Å²) in [6.45, 7) is 2.73. The first-order chi connectivity index (χ1) is 9.61. The van der Waals surface area contributed by atoms with Crippen LogP contribution < -0.4 is 11.1 Å². The van der Waals surface area contributed by atoms with Crippen molar-refractivity contribution in [2.75, 3.05) is 11.1 Å². The molecule has 5 heteroatoms. The molecule has 0 aliphatic carbocycles. The molecule has 3 aromatic rings. The van der Waals surface area contributed by atoms with Crippen LogP contribution in [0, 0.1) is 6.92 Å². The Hall–Kier alpha value is -1.78. The van der Waals surface area contributed by atoms with Gasteiger partial charge in [0.05, 0.1) is 9.85 Å². The van der Waals surface area contributed by atoms with Crippen LogP contribution in [0.15, 0.2) is 36.4 Å². The first-order valence-corrected chi connectivity index (χ1v) is 7.46. The van der Waals surface area contributed by atoms with E-state index in [1.165, 1.54) is 4.88 Å². The fourth-order valence-electron chi connectivity index (χ4n) is 2.15. The molecule has 2 aromatic heterocycles. The van der Waals surface area contributed by atoms with E-state index >= 15 is 0 Å². The van der Waals surface area contributed by atoms with Gasteiger partial charge in [0.15, 0.2) is 0 Å². The number of halogens is 1. The van der Waals surface area contributed by atoms with E-state index in [2.05, 4.69) is 10.3 Å². The molecular weight excluding hydrogens is 290 g/mol. The molecular formula is C15H14ClN3S. The quantitative estimate of drug-likeness (QED) is 0.703. The van der Waals surface area contributed by atoms with Crippen molar-refractivity contribution in [3.05, 3.63) is 51.3 Å². The van der Waals surface area contributed by atoms with E-state index in [1.54, 1.807) is 11.3 Å². The van der Waals surface area contributed by atoms with Gasteiger partial charge in [0.25, 0.3) is 0 Å². The highest BCUT2D eigenvalue weighted by Gasteiger charge is 2.05. The highest BCUT2D eigenvalue weighted by molar-refractivity contribution is 7.16. The highest BCUT2D eigenvalue weighted by Crippen LogP contribution is 2.27. The minimum absolute atomic E-state index is 0.741. The van der Waals surface area contributed by atoms with Gasteiger partial charge >= 0.3 is 0 Å². The molecule has 102 valence electrons. The van der Waals surface area contributed by atoms with E-state index < -0.39 is 0 Å². The van der Waals surface area contributed by atoms with Crippen LogP contribution in [0.5, 0.6) is 0 Å². The van der Waals surface area contributed by atoms with Crippen LogP contribution in [0.2, 0.25) is 4.34 Å². The van der Waals surface area contributed by atoms with Crippen molar-refractivity contribution in [2.24, 2.45) is 0 Å². The molecule has 3 nitrogen and oxygen atoms in total. The molecule has 20 heavy (non-hydrogen) atoms. The van der Waals surface area contributed by atoms with E-state index in [1.807, 2.05) is 43.3 Å². The van der Waals surface area contributed by atoms with Crippen molar-refractivity contribution in [3.8, 4) is 0 Å². The number of fused-ring (bicyclic) bond motifs is 1. The van der Waals surface area contributed by atoms with E-state index in [0.717, 1.165) is 38.9 Å². The van der Waals surface area contributed by atoms with E-state index in [9.17, 15) is 0 Å². The number of nitrogens with one attached hydrogen (secondary N) is 1. The van der Waals surface area contributed by atoms with Gasteiger partial charge in [-0.15, -0.1) is 11.3 Å². The Bertz CT molecular complexity index is 767. The van der Waals surface area contributed by atoms with Gasteiger partial charge in [-0.25, -0.2) is 0 Å². The fraction of sp³-hybridized carbons (Fsp3) is 0.133. The molecule has 0 bridgehead atoms. The van der Waals surface area contributed by atoms with Crippen molar-refractivity contribution in [3.63, 3.8) is 0 Å². The average Bonchev–Trinajstić information content (AvgIpc) is 2.82. The molecule has 1 aromatic carbocycles. The maximum Gasteiger partial charge on any atom is 0.0931 e. The number of benzene rings is 1. The number of nitrogens with two attached hydrogens (primary N) is 1. The van der Waals surface area contributed by atoms with Crippen LogP contribution in [-0.4, -0.2) is 4.98 Å². The van der Waals surface area contributed by atoms with Crippen LogP contribution in [-0.2, 0) is 6.54 Å². The number of pyridine rings is 1. The summed E-state index contributed by atoms with van der Waals surface area (Å²) in [6, 6.07) is 11.8. The van der Waals surface area contributed by atoms with Gasteiger partial charge < -0.3 is 11.1 Å². The predicted molar refractivity (Wildman–Crippen MR) is 87.5 cm³/mol. The van der Waals surface area contributed by atoms with Gasteiger partial charge in [-0.05, 0) is 43.3 Å². The lowest BCUT2D eigenvalue weighted by Crippen LogP contribution is -2.00. The Kier molecular flexibility index (Phi) is 3.51. The molecule has 0 spiro atoms. The van der Waals surface area contributed by atoms with Gasteiger partial charge in [0, 0.05) is 33.9 Å². The minimum atomic E-state index is 0.741. The summed E-state index contributed by atoms with van der Waals surface area (Å²) in [5.41, 5.74) is 9.59. The molecule has 3 N–H and O–H groups in total. The van der Waals surface area contributed by atoms with Gasteiger partial charge in [0.2, 0.25) is 0 Å². The number of thiophene rings is 1. The Morgan fingerprint density at radius 2 is 2.10 bits per heavy atom. The molecule has 0 unspecified atom stereocenters. The normalized spacial score (nSPS) is 10.9. The first kappa shape index (κ1) is 13.2. The van der Waals surface area contributed by atoms with Crippen molar-refractivity contribution in [1.29, 1.82) is 0 Å². The molecule has 0 amide bonds. The second kappa shape index (κ2) is 5.31. The summed E-state index contributed by atoms with van der Waals surface area (Å²) in [5.74, 6) is 0. The monoisotopic (exact) mass is 303 g/mol. The molecule has 0 fully saturated rings. The zero-order valence-electron chi connectivity index (χ0n) is 11.0. The Balaban J connectivity index is 1.95.